The third-order valence-electron chi connectivity index (χ3n) is 3.37. The summed E-state index contributed by atoms with van der Waals surface area (Å²) in [5.74, 6) is 0.790. The van der Waals surface area contributed by atoms with Crippen LogP contribution in [0.1, 0.15) is 36.7 Å². The summed E-state index contributed by atoms with van der Waals surface area (Å²) < 4.78 is 3.71. The summed E-state index contributed by atoms with van der Waals surface area (Å²) in [6, 6.07) is 2.01. The molecule has 2 aromatic rings. The fourth-order valence-corrected chi connectivity index (χ4v) is 2.33. The summed E-state index contributed by atoms with van der Waals surface area (Å²) in [6.45, 7) is 9.39. The molecule has 6 nitrogen and oxygen atoms in total. The predicted octanol–water partition coefficient (Wildman–Crippen LogP) is 2.44. The lowest BCUT2D eigenvalue weighted by Gasteiger charge is -2.10. The van der Waals surface area contributed by atoms with Gasteiger partial charge in [-0.1, -0.05) is 6.92 Å². The largest absolute Gasteiger partial charge is 0.311 e. The van der Waals surface area contributed by atoms with Crippen LogP contribution in [0.2, 0.25) is 0 Å². The molecule has 0 radical (unpaired) electrons. The Hall–Kier alpha value is -2.11. The molecule has 0 aliphatic carbocycles. The zero-order valence-corrected chi connectivity index (χ0v) is 13.2. The lowest BCUT2D eigenvalue weighted by atomic mass is 10.3. The molecule has 0 saturated heterocycles. The third kappa shape index (κ3) is 3.71. The zero-order valence-electron chi connectivity index (χ0n) is 13.2. The fourth-order valence-electron chi connectivity index (χ4n) is 2.33. The molecule has 0 aliphatic heterocycles. The SMILES string of the molecule is CCCn1ncc(C)c1NC(=O)CCn1nc(C)cc1C. The van der Waals surface area contributed by atoms with Crippen LogP contribution in [0.4, 0.5) is 5.82 Å². The molecule has 0 fully saturated rings. The van der Waals surface area contributed by atoms with Gasteiger partial charge >= 0.3 is 0 Å². The highest BCUT2D eigenvalue weighted by molar-refractivity contribution is 5.90. The first kappa shape index (κ1) is 15.3. The van der Waals surface area contributed by atoms with Crippen molar-refractivity contribution < 1.29 is 4.79 Å². The summed E-state index contributed by atoms with van der Waals surface area (Å²) in [5.41, 5.74) is 3.04. The van der Waals surface area contributed by atoms with E-state index in [2.05, 4.69) is 22.4 Å². The number of carbonyl (C=O) groups excluding carboxylic acids is 1. The molecule has 0 aliphatic rings. The number of aromatic nitrogens is 4. The van der Waals surface area contributed by atoms with Gasteiger partial charge in [-0.05, 0) is 33.3 Å². The van der Waals surface area contributed by atoms with Gasteiger partial charge in [0.15, 0.2) is 0 Å². The number of carbonyl (C=O) groups is 1. The van der Waals surface area contributed by atoms with Crippen molar-refractivity contribution in [3.8, 4) is 0 Å². The molecule has 6 heteroatoms. The quantitative estimate of drug-likeness (QED) is 0.888. The molecule has 2 heterocycles. The monoisotopic (exact) mass is 289 g/mol. The van der Waals surface area contributed by atoms with Crippen LogP contribution in [0.3, 0.4) is 0 Å². The molecule has 2 aromatic heterocycles. The Morgan fingerprint density at radius 2 is 2.00 bits per heavy atom. The van der Waals surface area contributed by atoms with Gasteiger partial charge in [0.1, 0.15) is 5.82 Å². The molecule has 0 aromatic carbocycles. The maximum Gasteiger partial charge on any atom is 0.227 e. The summed E-state index contributed by atoms with van der Waals surface area (Å²) in [4.78, 5) is 12.1. The molecule has 114 valence electrons. The maximum atomic E-state index is 12.1. The molecular weight excluding hydrogens is 266 g/mol. The lowest BCUT2D eigenvalue weighted by Crippen LogP contribution is -2.18. The van der Waals surface area contributed by atoms with Gasteiger partial charge in [-0.15, -0.1) is 0 Å². The average Bonchev–Trinajstić information content (AvgIpc) is 2.93. The molecule has 0 saturated carbocycles. The normalized spacial score (nSPS) is 10.9. The minimum Gasteiger partial charge on any atom is -0.311 e. The van der Waals surface area contributed by atoms with E-state index in [-0.39, 0.29) is 5.91 Å². The van der Waals surface area contributed by atoms with Crippen LogP contribution in [0, 0.1) is 20.8 Å². The molecule has 2 rings (SSSR count). The van der Waals surface area contributed by atoms with Crippen LogP contribution in [0.5, 0.6) is 0 Å². The number of hydrogen-bond acceptors (Lipinski definition) is 3. The van der Waals surface area contributed by atoms with Gasteiger partial charge in [0.2, 0.25) is 5.91 Å². The highest BCUT2D eigenvalue weighted by atomic mass is 16.1. The van der Waals surface area contributed by atoms with E-state index in [9.17, 15) is 4.79 Å². The number of aryl methyl sites for hydroxylation is 5. The Kier molecular flexibility index (Phi) is 4.77. The van der Waals surface area contributed by atoms with Crippen LogP contribution in [-0.2, 0) is 17.9 Å². The van der Waals surface area contributed by atoms with Crippen molar-refractivity contribution in [2.45, 2.75) is 53.6 Å². The van der Waals surface area contributed by atoms with Gasteiger partial charge in [-0.3, -0.25) is 9.48 Å². The summed E-state index contributed by atoms with van der Waals surface area (Å²) in [5, 5.41) is 11.6. The van der Waals surface area contributed by atoms with Crippen LogP contribution < -0.4 is 5.32 Å². The van der Waals surface area contributed by atoms with Gasteiger partial charge in [-0.25, -0.2) is 4.68 Å². The molecule has 0 spiro atoms. The second-order valence-corrected chi connectivity index (χ2v) is 5.35. The second-order valence-electron chi connectivity index (χ2n) is 5.35. The summed E-state index contributed by atoms with van der Waals surface area (Å²) in [6.07, 6.45) is 3.17. The summed E-state index contributed by atoms with van der Waals surface area (Å²) in [7, 11) is 0. The maximum absolute atomic E-state index is 12.1. The van der Waals surface area contributed by atoms with Crippen molar-refractivity contribution in [1.29, 1.82) is 0 Å². The van der Waals surface area contributed by atoms with Gasteiger partial charge in [0.25, 0.3) is 0 Å². The van der Waals surface area contributed by atoms with Crippen molar-refractivity contribution in [3.05, 3.63) is 29.2 Å². The number of hydrogen-bond donors (Lipinski definition) is 1. The van der Waals surface area contributed by atoms with Crippen molar-refractivity contribution >= 4 is 11.7 Å². The first-order chi connectivity index (χ1) is 10.0. The van der Waals surface area contributed by atoms with Crippen molar-refractivity contribution in [1.82, 2.24) is 19.6 Å². The number of nitrogens with one attached hydrogen (secondary N) is 1. The van der Waals surface area contributed by atoms with Crippen LogP contribution in [0.25, 0.3) is 0 Å². The first-order valence-corrected chi connectivity index (χ1v) is 7.34. The van der Waals surface area contributed by atoms with E-state index in [0.29, 0.717) is 13.0 Å². The highest BCUT2D eigenvalue weighted by Crippen LogP contribution is 2.15. The second kappa shape index (κ2) is 6.56. The Morgan fingerprint density at radius 3 is 2.62 bits per heavy atom. The van der Waals surface area contributed by atoms with E-state index < -0.39 is 0 Å². The highest BCUT2D eigenvalue weighted by Gasteiger charge is 2.11. The number of nitrogens with zero attached hydrogens (tertiary/aromatic N) is 4. The Balaban J connectivity index is 1.96. The van der Waals surface area contributed by atoms with Crippen LogP contribution >= 0.6 is 0 Å². The van der Waals surface area contributed by atoms with E-state index in [1.807, 2.05) is 36.2 Å². The molecule has 0 unspecified atom stereocenters. The Morgan fingerprint density at radius 1 is 1.24 bits per heavy atom. The van der Waals surface area contributed by atoms with E-state index in [0.717, 1.165) is 35.7 Å². The van der Waals surface area contributed by atoms with Crippen molar-refractivity contribution in [2.75, 3.05) is 5.32 Å². The standard InChI is InChI=1S/C15H23N5O/c1-5-7-20-15(11(2)10-16-20)17-14(21)6-8-19-13(4)9-12(3)18-19/h9-10H,5-8H2,1-4H3,(H,17,21). The fraction of sp³-hybridized carbons (Fsp3) is 0.533. The number of anilines is 1. The van der Waals surface area contributed by atoms with Gasteiger partial charge in [0, 0.05) is 30.8 Å². The smallest absolute Gasteiger partial charge is 0.227 e. The third-order valence-corrected chi connectivity index (χ3v) is 3.37. The molecule has 21 heavy (non-hydrogen) atoms. The predicted molar refractivity (Wildman–Crippen MR) is 82.2 cm³/mol. The number of amides is 1. The van der Waals surface area contributed by atoms with E-state index in [1.54, 1.807) is 6.20 Å². The van der Waals surface area contributed by atoms with Crippen LogP contribution in [0.15, 0.2) is 12.3 Å². The zero-order chi connectivity index (χ0) is 15.4. The minimum absolute atomic E-state index is 0.0106. The lowest BCUT2D eigenvalue weighted by molar-refractivity contribution is -0.116. The molecular formula is C15H23N5O. The minimum atomic E-state index is -0.0106. The average molecular weight is 289 g/mol. The first-order valence-electron chi connectivity index (χ1n) is 7.34. The molecule has 0 atom stereocenters. The van der Waals surface area contributed by atoms with Crippen LogP contribution in [-0.4, -0.2) is 25.5 Å². The van der Waals surface area contributed by atoms with Gasteiger partial charge in [0.05, 0.1) is 11.9 Å². The molecule has 1 amide bonds. The van der Waals surface area contributed by atoms with Gasteiger partial charge < -0.3 is 5.32 Å². The van der Waals surface area contributed by atoms with Gasteiger partial charge in [-0.2, -0.15) is 10.2 Å². The topological polar surface area (TPSA) is 64.7 Å². The van der Waals surface area contributed by atoms with E-state index in [1.165, 1.54) is 0 Å². The molecule has 1 N–H and O–H groups in total. The molecule has 0 bridgehead atoms. The Labute approximate surface area is 125 Å². The van der Waals surface area contributed by atoms with Crippen molar-refractivity contribution in [3.63, 3.8) is 0 Å². The summed E-state index contributed by atoms with van der Waals surface area (Å²) >= 11 is 0. The van der Waals surface area contributed by atoms with E-state index in [4.69, 9.17) is 0 Å². The van der Waals surface area contributed by atoms with E-state index >= 15 is 0 Å². The Bertz CT molecular complexity index is 626. The number of rotatable bonds is 6. The van der Waals surface area contributed by atoms with Crippen molar-refractivity contribution in [2.24, 2.45) is 0 Å².